The number of hydrogen-bond acceptors (Lipinski definition) is 3. The molecule has 2 saturated carbocycles. The number of aromatic hydroxyl groups is 1. The summed E-state index contributed by atoms with van der Waals surface area (Å²) in [6.45, 7) is 2.27. The van der Waals surface area contributed by atoms with E-state index in [0.717, 1.165) is 44.1 Å². The van der Waals surface area contributed by atoms with Crippen molar-refractivity contribution in [3.8, 4) is 17.6 Å². The van der Waals surface area contributed by atoms with Gasteiger partial charge >= 0.3 is 0 Å². The molecule has 28 heavy (non-hydrogen) atoms. The van der Waals surface area contributed by atoms with Gasteiger partial charge in [0.1, 0.15) is 11.4 Å². The second-order valence-electron chi connectivity index (χ2n) is 9.14. The molecule has 5 atom stereocenters. The number of hydrogen-bond donors (Lipinski definition) is 2. The van der Waals surface area contributed by atoms with Gasteiger partial charge in [0, 0.05) is 23.4 Å². The van der Waals surface area contributed by atoms with Crippen LogP contribution in [0, 0.1) is 29.1 Å². The van der Waals surface area contributed by atoms with Gasteiger partial charge in [-0.05, 0) is 91.7 Å². The Balaban J connectivity index is 1.46. The fraction of sp³-hybridized carbons (Fsp3) is 0.480. The maximum Gasteiger partial charge on any atom is 0.131 e. The minimum atomic E-state index is -0.916. The number of benzene rings is 1. The molecule has 1 aromatic carbocycles. The van der Waals surface area contributed by atoms with E-state index in [-0.39, 0.29) is 5.41 Å². The number of aliphatic hydroxyl groups is 1. The highest BCUT2D eigenvalue weighted by atomic mass is 16.3. The minimum absolute atomic E-state index is 0.150. The van der Waals surface area contributed by atoms with Crippen LogP contribution in [0.4, 0.5) is 0 Å². The van der Waals surface area contributed by atoms with Crippen molar-refractivity contribution in [1.82, 2.24) is 4.98 Å². The van der Waals surface area contributed by atoms with Crippen molar-refractivity contribution < 1.29 is 10.2 Å². The average molecular weight is 373 g/mol. The largest absolute Gasteiger partial charge is 0.508 e. The topological polar surface area (TPSA) is 53.4 Å². The van der Waals surface area contributed by atoms with Crippen LogP contribution in [0.25, 0.3) is 0 Å². The molecule has 1 aromatic heterocycles. The van der Waals surface area contributed by atoms with Crippen molar-refractivity contribution in [3.05, 3.63) is 59.4 Å². The quantitative estimate of drug-likeness (QED) is 0.672. The van der Waals surface area contributed by atoms with E-state index in [1.54, 1.807) is 12.4 Å². The van der Waals surface area contributed by atoms with Gasteiger partial charge in [-0.25, -0.2) is 0 Å². The third-order valence-corrected chi connectivity index (χ3v) is 7.96. The van der Waals surface area contributed by atoms with Crippen molar-refractivity contribution in [1.29, 1.82) is 0 Å². The number of aryl methyl sites for hydroxylation is 1. The van der Waals surface area contributed by atoms with E-state index in [1.807, 2.05) is 24.3 Å². The number of phenolic OH excluding ortho intramolecular Hbond substituents is 1. The van der Waals surface area contributed by atoms with Crippen LogP contribution in [0.15, 0.2) is 42.7 Å². The van der Waals surface area contributed by atoms with Gasteiger partial charge in [0.2, 0.25) is 0 Å². The lowest BCUT2D eigenvalue weighted by Gasteiger charge is -2.52. The van der Waals surface area contributed by atoms with Gasteiger partial charge in [-0.3, -0.25) is 4.98 Å². The predicted octanol–water partition coefficient (Wildman–Crippen LogP) is 4.43. The Morgan fingerprint density at radius 1 is 1.07 bits per heavy atom. The molecular formula is C25H27NO2. The fourth-order valence-corrected chi connectivity index (χ4v) is 6.40. The summed E-state index contributed by atoms with van der Waals surface area (Å²) in [5.41, 5.74) is 2.59. The summed E-state index contributed by atoms with van der Waals surface area (Å²) in [6.07, 6.45) is 9.57. The van der Waals surface area contributed by atoms with E-state index >= 15 is 0 Å². The highest BCUT2D eigenvalue weighted by Crippen LogP contribution is 2.64. The third-order valence-electron chi connectivity index (χ3n) is 7.96. The zero-order valence-electron chi connectivity index (χ0n) is 16.4. The lowest BCUT2D eigenvalue weighted by atomic mass is 9.53. The van der Waals surface area contributed by atoms with Gasteiger partial charge < -0.3 is 10.2 Å². The summed E-state index contributed by atoms with van der Waals surface area (Å²) in [7, 11) is 0. The Morgan fingerprint density at radius 3 is 2.71 bits per heavy atom. The van der Waals surface area contributed by atoms with Gasteiger partial charge in [-0.1, -0.05) is 24.8 Å². The van der Waals surface area contributed by atoms with Gasteiger partial charge in [0.25, 0.3) is 0 Å². The maximum atomic E-state index is 11.6. The number of rotatable bonds is 0. The first-order valence-corrected chi connectivity index (χ1v) is 10.5. The molecule has 0 spiro atoms. The van der Waals surface area contributed by atoms with E-state index < -0.39 is 5.60 Å². The lowest BCUT2D eigenvalue weighted by molar-refractivity contribution is -0.0647. The number of phenols is 1. The molecule has 0 unspecified atom stereocenters. The Morgan fingerprint density at radius 2 is 1.89 bits per heavy atom. The second kappa shape index (κ2) is 6.36. The Labute approximate surface area is 166 Å². The van der Waals surface area contributed by atoms with Crippen LogP contribution in [0.5, 0.6) is 5.75 Å². The summed E-state index contributed by atoms with van der Waals surface area (Å²) in [5.74, 6) is 8.53. The molecule has 0 bridgehead atoms. The van der Waals surface area contributed by atoms with Gasteiger partial charge in [-0.15, -0.1) is 0 Å². The second-order valence-corrected chi connectivity index (χ2v) is 9.14. The van der Waals surface area contributed by atoms with Crippen molar-refractivity contribution in [3.63, 3.8) is 0 Å². The van der Waals surface area contributed by atoms with Crippen LogP contribution in [-0.4, -0.2) is 20.8 Å². The van der Waals surface area contributed by atoms with Crippen LogP contribution in [0.3, 0.4) is 0 Å². The molecule has 3 nitrogen and oxygen atoms in total. The van der Waals surface area contributed by atoms with Gasteiger partial charge in [-0.2, -0.15) is 0 Å². The molecule has 1 heterocycles. The Hall–Kier alpha value is -2.31. The van der Waals surface area contributed by atoms with Crippen molar-refractivity contribution >= 4 is 0 Å². The number of aromatic nitrogens is 1. The summed E-state index contributed by atoms with van der Waals surface area (Å²) >= 11 is 0. The summed E-state index contributed by atoms with van der Waals surface area (Å²) in [6, 6.07) is 9.71. The molecule has 3 heteroatoms. The smallest absolute Gasteiger partial charge is 0.131 e. The van der Waals surface area contributed by atoms with Crippen LogP contribution < -0.4 is 0 Å². The highest BCUT2D eigenvalue weighted by Gasteiger charge is 2.61. The first-order chi connectivity index (χ1) is 13.5. The standard InChI is InChI=1S/C25H27NO2/c1-24-11-7-21-20-5-3-19(27)16-18(20)2-4-22(21)23(24)8-13-25(24,28)12-6-17-9-14-26-15-10-17/h3,5,9-10,14-16,21-23,27-28H,2,4,7-8,11,13H2,1H3/t21-,22-,23+,24+,25+/m1/s1. The lowest BCUT2D eigenvalue weighted by Crippen LogP contribution is -2.50. The first-order valence-electron chi connectivity index (χ1n) is 10.5. The molecule has 0 saturated heterocycles. The zero-order chi connectivity index (χ0) is 19.4. The average Bonchev–Trinajstić information content (AvgIpc) is 2.98. The maximum absolute atomic E-state index is 11.6. The molecular weight excluding hydrogens is 346 g/mol. The minimum Gasteiger partial charge on any atom is -0.508 e. The van der Waals surface area contributed by atoms with E-state index in [9.17, 15) is 10.2 Å². The molecule has 3 aliphatic carbocycles. The molecule has 0 amide bonds. The predicted molar refractivity (Wildman–Crippen MR) is 109 cm³/mol. The fourth-order valence-electron chi connectivity index (χ4n) is 6.40. The zero-order valence-corrected chi connectivity index (χ0v) is 16.4. The summed E-state index contributed by atoms with van der Waals surface area (Å²) in [4.78, 5) is 4.04. The van der Waals surface area contributed by atoms with E-state index in [2.05, 4.69) is 29.8 Å². The van der Waals surface area contributed by atoms with E-state index in [4.69, 9.17) is 0 Å². The molecule has 2 aromatic rings. The van der Waals surface area contributed by atoms with Gasteiger partial charge in [0.05, 0.1) is 0 Å². The Bertz CT molecular complexity index is 960. The van der Waals surface area contributed by atoms with E-state index in [0.29, 0.717) is 23.5 Å². The SMILES string of the molecule is C[C@]12CC[C@@H]3c4ccc(O)cc4CC[C@H]3[C@@H]1CC[C@@]2(O)C#Cc1ccncc1. The molecule has 2 fully saturated rings. The number of fused-ring (bicyclic) bond motifs is 5. The van der Waals surface area contributed by atoms with Crippen LogP contribution in [0.2, 0.25) is 0 Å². The van der Waals surface area contributed by atoms with Crippen molar-refractivity contribution in [2.45, 2.75) is 57.0 Å². The molecule has 2 N–H and O–H groups in total. The first kappa shape index (κ1) is 17.8. The van der Waals surface area contributed by atoms with Gasteiger partial charge in [0.15, 0.2) is 0 Å². The van der Waals surface area contributed by atoms with Crippen LogP contribution in [0.1, 0.15) is 61.6 Å². The van der Waals surface area contributed by atoms with Crippen LogP contribution in [-0.2, 0) is 6.42 Å². The van der Waals surface area contributed by atoms with Crippen LogP contribution >= 0.6 is 0 Å². The molecule has 0 radical (unpaired) electrons. The molecule has 3 aliphatic rings. The third kappa shape index (κ3) is 2.58. The molecule has 0 aliphatic heterocycles. The summed E-state index contributed by atoms with van der Waals surface area (Å²) < 4.78 is 0. The Kier molecular flexibility index (Phi) is 4.03. The summed E-state index contributed by atoms with van der Waals surface area (Å²) in [5, 5.41) is 21.5. The molecule has 5 rings (SSSR count). The monoisotopic (exact) mass is 373 g/mol. The molecule has 144 valence electrons. The number of pyridine rings is 1. The normalized spacial score (nSPS) is 35.9. The van der Waals surface area contributed by atoms with Crippen molar-refractivity contribution in [2.75, 3.05) is 0 Å². The number of nitrogens with zero attached hydrogens (tertiary/aromatic N) is 1. The van der Waals surface area contributed by atoms with E-state index in [1.165, 1.54) is 11.1 Å². The van der Waals surface area contributed by atoms with Crippen molar-refractivity contribution in [2.24, 2.45) is 17.3 Å². The highest BCUT2D eigenvalue weighted by molar-refractivity contribution is 5.41.